The summed E-state index contributed by atoms with van der Waals surface area (Å²) in [5.74, 6) is 0.457. The van der Waals surface area contributed by atoms with Crippen molar-refractivity contribution >= 4 is 21.4 Å². The maximum Gasteiger partial charge on any atom is 0.293 e. The van der Waals surface area contributed by atoms with Crippen molar-refractivity contribution in [3.8, 4) is 0 Å². The van der Waals surface area contributed by atoms with Gasteiger partial charge in [-0.1, -0.05) is 13.8 Å². The lowest BCUT2D eigenvalue weighted by atomic mass is 10.0. The molecule has 0 radical (unpaired) electrons. The highest BCUT2D eigenvalue weighted by Crippen LogP contribution is 2.30. The Morgan fingerprint density at radius 2 is 2.21 bits per heavy atom. The molecule has 2 aromatic rings. The summed E-state index contributed by atoms with van der Waals surface area (Å²) >= 11 is 0. The van der Waals surface area contributed by atoms with Crippen LogP contribution in [0, 0.1) is 22.0 Å². The molecule has 1 fully saturated rings. The molecule has 9 nitrogen and oxygen atoms in total. The monoisotopic (exact) mass is 421 g/mol. The zero-order valence-electron chi connectivity index (χ0n) is 16.7. The Balaban J connectivity index is 1.75. The number of nitro groups is 1. The summed E-state index contributed by atoms with van der Waals surface area (Å²) < 4.78 is 29.1. The third-order valence-corrected chi connectivity index (χ3v) is 6.98. The molecule has 1 aromatic carbocycles. The number of hydrogen-bond acceptors (Lipinski definition) is 6. The molecule has 1 aromatic heterocycles. The summed E-state index contributed by atoms with van der Waals surface area (Å²) in [4.78, 5) is 11.0. The normalized spacial score (nSPS) is 19.0. The first kappa shape index (κ1) is 21.3. The number of nitrogens with zero attached hydrogens (tertiary/aromatic N) is 4. The Morgan fingerprint density at radius 1 is 1.41 bits per heavy atom. The molecular formula is C19H27N5O4S. The molecule has 29 heavy (non-hydrogen) atoms. The third-order valence-electron chi connectivity index (χ3n) is 5.12. The van der Waals surface area contributed by atoms with Crippen LogP contribution in [0.4, 0.5) is 11.4 Å². The summed E-state index contributed by atoms with van der Waals surface area (Å²) in [6.45, 7) is 6.09. The first-order valence-electron chi connectivity index (χ1n) is 9.77. The number of rotatable bonds is 8. The minimum Gasteiger partial charge on any atom is -0.379 e. The van der Waals surface area contributed by atoms with Crippen LogP contribution in [0.25, 0.3) is 0 Å². The van der Waals surface area contributed by atoms with Crippen LogP contribution in [0.3, 0.4) is 0 Å². The highest BCUT2D eigenvalue weighted by molar-refractivity contribution is 7.89. The van der Waals surface area contributed by atoms with E-state index in [1.807, 2.05) is 26.1 Å². The van der Waals surface area contributed by atoms with Gasteiger partial charge in [-0.25, -0.2) is 8.42 Å². The van der Waals surface area contributed by atoms with E-state index in [9.17, 15) is 18.5 Å². The molecule has 0 saturated carbocycles. The lowest BCUT2D eigenvalue weighted by Gasteiger charge is -2.30. The van der Waals surface area contributed by atoms with E-state index in [2.05, 4.69) is 10.4 Å². The highest BCUT2D eigenvalue weighted by atomic mass is 32.2. The fourth-order valence-corrected chi connectivity index (χ4v) is 5.18. The van der Waals surface area contributed by atoms with E-state index in [1.54, 1.807) is 10.9 Å². The Hall–Kier alpha value is -2.46. The van der Waals surface area contributed by atoms with Crippen LogP contribution in [-0.2, 0) is 16.6 Å². The van der Waals surface area contributed by atoms with Crippen molar-refractivity contribution in [1.29, 1.82) is 0 Å². The van der Waals surface area contributed by atoms with Crippen LogP contribution in [0.5, 0.6) is 0 Å². The summed E-state index contributed by atoms with van der Waals surface area (Å²) in [5.41, 5.74) is 0.0794. The number of hydrogen-bond donors (Lipinski definition) is 1. The fraction of sp³-hybridized carbons (Fsp3) is 0.526. The molecule has 0 unspecified atom stereocenters. The second kappa shape index (κ2) is 8.91. The topological polar surface area (TPSA) is 110 Å². The lowest BCUT2D eigenvalue weighted by Crippen LogP contribution is -2.39. The SMILES string of the molecule is C[C@H](CNc1ccc(S(=O)(=O)N2CCC[C@H](C)C2)cc1[N+](=O)[O-])Cn1cccn1. The Kier molecular flexibility index (Phi) is 6.53. The maximum absolute atomic E-state index is 12.9. The van der Waals surface area contributed by atoms with Gasteiger partial charge in [0, 0.05) is 44.6 Å². The Morgan fingerprint density at radius 3 is 2.86 bits per heavy atom. The molecule has 1 aliphatic rings. The van der Waals surface area contributed by atoms with Crippen molar-refractivity contribution in [1.82, 2.24) is 14.1 Å². The summed E-state index contributed by atoms with van der Waals surface area (Å²) in [6.07, 6.45) is 5.36. The number of benzene rings is 1. The van der Waals surface area contributed by atoms with Crippen LogP contribution >= 0.6 is 0 Å². The molecule has 2 atom stereocenters. The van der Waals surface area contributed by atoms with Crippen molar-refractivity contribution in [3.05, 3.63) is 46.8 Å². The van der Waals surface area contributed by atoms with Crippen LogP contribution < -0.4 is 5.32 Å². The number of aromatic nitrogens is 2. The Labute approximate surface area is 170 Å². The van der Waals surface area contributed by atoms with Crippen LogP contribution in [0.15, 0.2) is 41.6 Å². The molecule has 0 aliphatic carbocycles. The molecule has 1 N–H and O–H groups in total. The van der Waals surface area contributed by atoms with Gasteiger partial charge < -0.3 is 5.32 Å². The molecule has 158 valence electrons. The zero-order chi connectivity index (χ0) is 21.0. The van der Waals surface area contributed by atoms with E-state index >= 15 is 0 Å². The average Bonchev–Trinajstić information content (AvgIpc) is 3.19. The third kappa shape index (κ3) is 5.13. The summed E-state index contributed by atoms with van der Waals surface area (Å²) in [6, 6.07) is 5.93. The molecule has 10 heteroatoms. The molecule has 3 rings (SSSR count). The minimum absolute atomic E-state index is 0.0339. The molecule has 0 amide bonds. The quantitative estimate of drug-likeness (QED) is 0.518. The second-order valence-corrected chi connectivity index (χ2v) is 9.70. The summed E-state index contributed by atoms with van der Waals surface area (Å²) in [5, 5.41) is 18.8. The number of nitro benzene ring substituents is 1. The molecular weight excluding hydrogens is 394 g/mol. The first-order chi connectivity index (χ1) is 13.8. The second-order valence-electron chi connectivity index (χ2n) is 7.76. The number of nitrogens with one attached hydrogen (secondary N) is 1. The van der Waals surface area contributed by atoms with E-state index in [-0.39, 0.29) is 22.4 Å². The van der Waals surface area contributed by atoms with Gasteiger partial charge in [0.25, 0.3) is 5.69 Å². The van der Waals surface area contributed by atoms with Gasteiger partial charge in [0.2, 0.25) is 10.0 Å². The van der Waals surface area contributed by atoms with Crippen LogP contribution in [-0.4, -0.2) is 47.1 Å². The smallest absolute Gasteiger partial charge is 0.293 e. The van der Waals surface area contributed by atoms with Crippen LogP contribution in [0.1, 0.15) is 26.7 Å². The highest BCUT2D eigenvalue weighted by Gasteiger charge is 2.30. The number of piperidine rings is 1. The zero-order valence-corrected chi connectivity index (χ0v) is 17.5. The standard InChI is InChI=1S/C19H27N5O4S/c1-15-5-3-10-23(14-15)29(27,28)17-6-7-18(19(11-17)24(25)26)20-12-16(2)13-22-9-4-8-21-22/h4,6-9,11,15-16,20H,3,5,10,12-14H2,1-2H3/t15-,16+/m0/s1. The summed E-state index contributed by atoms with van der Waals surface area (Å²) in [7, 11) is -3.74. The molecule has 1 aliphatic heterocycles. The van der Waals surface area contributed by atoms with Gasteiger partial charge in [-0.3, -0.25) is 14.8 Å². The van der Waals surface area contributed by atoms with E-state index in [1.165, 1.54) is 16.4 Å². The van der Waals surface area contributed by atoms with E-state index in [4.69, 9.17) is 0 Å². The van der Waals surface area contributed by atoms with E-state index < -0.39 is 14.9 Å². The molecule has 1 saturated heterocycles. The van der Waals surface area contributed by atoms with Crippen molar-refractivity contribution in [2.24, 2.45) is 11.8 Å². The van der Waals surface area contributed by atoms with Gasteiger partial charge >= 0.3 is 0 Å². The predicted octanol–water partition coefficient (Wildman–Crippen LogP) is 2.96. The molecule has 0 bridgehead atoms. The molecule has 2 heterocycles. The molecule has 0 spiro atoms. The largest absolute Gasteiger partial charge is 0.379 e. The number of sulfonamides is 1. The van der Waals surface area contributed by atoms with Gasteiger partial charge in [-0.05, 0) is 42.9 Å². The fourth-order valence-electron chi connectivity index (χ4n) is 3.56. The van der Waals surface area contributed by atoms with Crippen LogP contribution in [0.2, 0.25) is 0 Å². The van der Waals surface area contributed by atoms with Gasteiger partial charge in [-0.2, -0.15) is 9.40 Å². The van der Waals surface area contributed by atoms with Gasteiger partial charge in [0.1, 0.15) is 5.69 Å². The number of anilines is 1. The van der Waals surface area contributed by atoms with Crippen molar-refractivity contribution in [2.45, 2.75) is 38.1 Å². The van der Waals surface area contributed by atoms with Crippen molar-refractivity contribution in [3.63, 3.8) is 0 Å². The van der Waals surface area contributed by atoms with Crippen molar-refractivity contribution < 1.29 is 13.3 Å². The lowest BCUT2D eigenvalue weighted by molar-refractivity contribution is -0.384. The van der Waals surface area contributed by atoms with E-state index in [0.717, 1.165) is 18.9 Å². The predicted molar refractivity (Wildman–Crippen MR) is 110 cm³/mol. The van der Waals surface area contributed by atoms with Crippen molar-refractivity contribution in [2.75, 3.05) is 25.0 Å². The first-order valence-corrected chi connectivity index (χ1v) is 11.2. The van der Waals surface area contributed by atoms with E-state index in [0.29, 0.717) is 31.9 Å². The van der Waals surface area contributed by atoms with Gasteiger partial charge in [0.15, 0.2) is 0 Å². The van der Waals surface area contributed by atoms with Gasteiger partial charge in [0.05, 0.1) is 9.82 Å². The maximum atomic E-state index is 12.9. The van der Waals surface area contributed by atoms with Gasteiger partial charge in [-0.15, -0.1) is 0 Å². The Bertz CT molecular complexity index is 946. The average molecular weight is 422 g/mol. The minimum atomic E-state index is -3.74.